The number of likely N-dealkylation sites (tertiary alicyclic amines) is 1. The molecule has 1 unspecified atom stereocenters. The van der Waals surface area contributed by atoms with Crippen LogP contribution in [0.15, 0.2) is 24.3 Å². The highest BCUT2D eigenvalue weighted by molar-refractivity contribution is 5.97. The molecule has 27 heavy (non-hydrogen) atoms. The first-order valence-electron chi connectivity index (χ1n) is 8.87. The van der Waals surface area contributed by atoms with E-state index in [-0.39, 0.29) is 17.4 Å². The Morgan fingerprint density at radius 3 is 2.78 bits per heavy atom. The summed E-state index contributed by atoms with van der Waals surface area (Å²) in [6.07, 6.45) is 0.594. The summed E-state index contributed by atoms with van der Waals surface area (Å²) in [7, 11) is 0. The molecule has 3 rings (SSSR count). The van der Waals surface area contributed by atoms with Crippen molar-refractivity contribution in [3.8, 4) is 5.75 Å². The van der Waals surface area contributed by atoms with E-state index in [4.69, 9.17) is 4.74 Å². The Bertz CT molecular complexity index is 821. The summed E-state index contributed by atoms with van der Waals surface area (Å²) in [5, 5.41) is 10.6. The smallest absolute Gasteiger partial charge is 0.274 e. The number of hydrogen-bond donors (Lipinski definition) is 1. The largest absolute Gasteiger partial charge is 0.492 e. The molecule has 1 N–H and O–H groups in total. The minimum absolute atomic E-state index is 0.0661. The van der Waals surface area contributed by atoms with E-state index in [1.165, 1.54) is 12.1 Å². The topological polar surface area (TPSA) is 89.3 Å². The summed E-state index contributed by atoms with van der Waals surface area (Å²) >= 11 is 0. The van der Waals surface area contributed by atoms with E-state index in [0.717, 1.165) is 0 Å². The molecule has 1 saturated heterocycles. The molecule has 1 atom stereocenters. The molecule has 0 saturated carbocycles. The van der Waals surface area contributed by atoms with Gasteiger partial charge < -0.3 is 15.0 Å². The van der Waals surface area contributed by atoms with Gasteiger partial charge in [-0.15, -0.1) is 5.10 Å². The number of likely N-dealkylation sites (N-methyl/N-ethyl adjacent to an activating group) is 1. The van der Waals surface area contributed by atoms with Gasteiger partial charge in [-0.1, -0.05) is 5.21 Å². The molecule has 1 aliphatic heterocycles. The van der Waals surface area contributed by atoms with Crippen LogP contribution in [0.4, 0.5) is 4.39 Å². The third-order valence-electron chi connectivity index (χ3n) is 4.57. The van der Waals surface area contributed by atoms with Gasteiger partial charge in [0.15, 0.2) is 5.69 Å². The fraction of sp³-hybridized carbons (Fsp3) is 0.444. The van der Waals surface area contributed by atoms with Gasteiger partial charge in [0.2, 0.25) is 5.91 Å². The molecule has 0 aliphatic carbocycles. The predicted molar refractivity (Wildman–Crippen MR) is 94.8 cm³/mol. The maximum Gasteiger partial charge on any atom is 0.274 e. The third-order valence-corrected chi connectivity index (χ3v) is 4.57. The molecule has 2 amide bonds. The van der Waals surface area contributed by atoms with Crippen LogP contribution in [0.3, 0.4) is 0 Å². The van der Waals surface area contributed by atoms with Gasteiger partial charge in [0, 0.05) is 13.1 Å². The molecular weight excluding hydrogens is 353 g/mol. The van der Waals surface area contributed by atoms with Crippen molar-refractivity contribution in [2.24, 2.45) is 0 Å². The van der Waals surface area contributed by atoms with E-state index in [1.807, 2.05) is 6.92 Å². The maximum atomic E-state index is 12.9. The number of halogens is 1. The molecule has 0 bridgehead atoms. The summed E-state index contributed by atoms with van der Waals surface area (Å²) in [5.74, 6) is -0.251. The quantitative estimate of drug-likeness (QED) is 0.784. The number of aromatic nitrogens is 3. The average Bonchev–Trinajstić information content (AvgIpc) is 3.20. The Labute approximate surface area is 156 Å². The van der Waals surface area contributed by atoms with Crippen molar-refractivity contribution in [1.82, 2.24) is 25.2 Å². The van der Waals surface area contributed by atoms with E-state index < -0.39 is 11.9 Å². The molecule has 1 aliphatic rings. The van der Waals surface area contributed by atoms with Crippen LogP contribution < -0.4 is 10.1 Å². The molecule has 1 aromatic carbocycles. The van der Waals surface area contributed by atoms with Crippen molar-refractivity contribution in [2.75, 3.05) is 19.7 Å². The standard InChI is InChI=1S/C18H22FN5O3/c1-3-23-9-8-15(18(23)26)20-17(25)16-12(2)24(22-21-16)10-11-27-14-6-4-13(19)5-7-14/h4-7,15H,3,8-11H2,1-2H3,(H,20,25). The van der Waals surface area contributed by atoms with Crippen LogP contribution in [-0.2, 0) is 11.3 Å². The molecule has 1 fully saturated rings. The van der Waals surface area contributed by atoms with Crippen LogP contribution in [0.25, 0.3) is 0 Å². The van der Waals surface area contributed by atoms with Crippen molar-refractivity contribution in [1.29, 1.82) is 0 Å². The molecule has 0 spiro atoms. The van der Waals surface area contributed by atoms with Crippen molar-refractivity contribution >= 4 is 11.8 Å². The fourth-order valence-corrected chi connectivity index (χ4v) is 2.98. The average molecular weight is 375 g/mol. The Morgan fingerprint density at radius 2 is 2.11 bits per heavy atom. The van der Waals surface area contributed by atoms with Gasteiger partial charge in [-0.2, -0.15) is 0 Å². The summed E-state index contributed by atoms with van der Waals surface area (Å²) in [4.78, 5) is 26.3. The number of nitrogens with zero attached hydrogens (tertiary/aromatic N) is 4. The molecule has 8 nitrogen and oxygen atoms in total. The van der Waals surface area contributed by atoms with Crippen LogP contribution in [0.5, 0.6) is 5.75 Å². The lowest BCUT2D eigenvalue weighted by molar-refractivity contribution is -0.129. The van der Waals surface area contributed by atoms with Crippen molar-refractivity contribution in [2.45, 2.75) is 32.9 Å². The first kappa shape index (κ1) is 18.8. The third kappa shape index (κ3) is 4.24. The molecule has 0 radical (unpaired) electrons. The lowest BCUT2D eigenvalue weighted by Crippen LogP contribution is -2.41. The van der Waals surface area contributed by atoms with Gasteiger partial charge >= 0.3 is 0 Å². The monoisotopic (exact) mass is 375 g/mol. The number of carbonyl (C=O) groups excluding carboxylic acids is 2. The Morgan fingerprint density at radius 1 is 1.37 bits per heavy atom. The number of nitrogens with one attached hydrogen (secondary N) is 1. The highest BCUT2D eigenvalue weighted by Gasteiger charge is 2.32. The molecule has 9 heteroatoms. The summed E-state index contributed by atoms with van der Waals surface area (Å²) in [5.41, 5.74) is 0.785. The van der Waals surface area contributed by atoms with E-state index in [1.54, 1.807) is 28.6 Å². The maximum absolute atomic E-state index is 12.9. The zero-order valence-electron chi connectivity index (χ0n) is 15.3. The molecular formula is C18H22FN5O3. The van der Waals surface area contributed by atoms with E-state index in [9.17, 15) is 14.0 Å². The summed E-state index contributed by atoms with van der Waals surface area (Å²) in [6, 6.07) is 5.22. The lowest BCUT2D eigenvalue weighted by Gasteiger charge is -2.14. The second-order valence-electron chi connectivity index (χ2n) is 6.28. The summed E-state index contributed by atoms with van der Waals surface area (Å²) in [6.45, 7) is 5.60. The zero-order chi connectivity index (χ0) is 19.4. The highest BCUT2D eigenvalue weighted by Crippen LogP contribution is 2.13. The van der Waals surface area contributed by atoms with Gasteiger partial charge in [-0.05, 0) is 44.5 Å². The van der Waals surface area contributed by atoms with Gasteiger partial charge in [0.1, 0.15) is 24.2 Å². The number of hydrogen-bond acceptors (Lipinski definition) is 5. The number of amides is 2. The lowest BCUT2D eigenvalue weighted by atomic mass is 10.2. The van der Waals surface area contributed by atoms with Crippen molar-refractivity contribution in [3.05, 3.63) is 41.5 Å². The predicted octanol–water partition coefficient (Wildman–Crippen LogP) is 1.16. The van der Waals surface area contributed by atoms with E-state index in [0.29, 0.717) is 44.1 Å². The first-order valence-corrected chi connectivity index (χ1v) is 8.87. The zero-order valence-corrected chi connectivity index (χ0v) is 15.3. The fourth-order valence-electron chi connectivity index (χ4n) is 2.98. The van der Waals surface area contributed by atoms with Gasteiger partial charge in [-0.3, -0.25) is 9.59 Å². The van der Waals surface area contributed by atoms with Crippen LogP contribution in [0.1, 0.15) is 29.5 Å². The van der Waals surface area contributed by atoms with E-state index in [2.05, 4.69) is 15.6 Å². The Kier molecular flexibility index (Phi) is 5.68. The molecule has 2 heterocycles. The number of carbonyl (C=O) groups is 2. The van der Waals surface area contributed by atoms with Crippen molar-refractivity contribution in [3.63, 3.8) is 0 Å². The van der Waals surface area contributed by atoms with Crippen LogP contribution >= 0.6 is 0 Å². The minimum Gasteiger partial charge on any atom is -0.492 e. The molecule has 1 aromatic heterocycles. The van der Waals surface area contributed by atoms with Crippen LogP contribution in [-0.4, -0.2) is 57.4 Å². The SMILES string of the molecule is CCN1CCC(NC(=O)c2nnn(CCOc3ccc(F)cc3)c2C)C1=O. The van der Waals surface area contributed by atoms with Gasteiger partial charge in [0.25, 0.3) is 5.91 Å². The Hall–Kier alpha value is -2.97. The summed E-state index contributed by atoms with van der Waals surface area (Å²) < 4.78 is 20.0. The second kappa shape index (κ2) is 8.15. The Balaban J connectivity index is 1.55. The van der Waals surface area contributed by atoms with Crippen LogP contribution in [0, 0.1) is 12.7 Å². The second-order valence-corrected chi connectivity index (χ2v) is 6.28. The number of rotatable bonds is 7. The number of benzene rings is 1. The van der Waals surface area contributed by atoms with Crippen molar-refractivity contribution < 1.29 is 18.7 Å². The minimum atomic E-state index is -0.510. The van der Waals surface area contributed by atoms with Gasteiger partial charge in [-0.25, -0.2) is 9.07 Å². The normalized spacial score (nSPS) is 16.6. The highest BCUT2D eigenvalue weighted by atomic mass is 19.1. The number of ether oxygens (including phenoxy) is 1. The van der Waals surface area contributed by atoms with Gasteiger partial charge in [0.05, 0.1) is 12.2 Å². The molecule has 2 aromatic rings. The molecule has 144 valence electrons. The van der Waals surface area contributed by atoms with Crippen LogP contribution in [0.2, 0.25) is 0 Å². The first-order chi connectivity index (χ1) is 13.0. The van der Waals surface area contributed by atoms with E-state index >= 15 is 0 Å².